The summed E-state index contributed by atoms with van der Waals surface area (Å²) in [6.07, 6.45) is 0.984. The smallest absolute Gasteiger partial charge is 0.128 e. The second-order valence-corrected chi connectivity index (χ2v) is 5.92. The molecular weight excluding hydrogens is 301 g/mol. The minimum Gasteiger partial charge on any atom is -0.320 e. The molecule has 90 valence electrons. The lowest BCUT2D eigenvalue weighted by Gasteiger charge is -2.11. The van der Waals surface area contributed by atoms with Crippen LogP contribution in [-0.2, 0) is 6.42 Å². The van der Waals surface area contributed by atoms with E-state index in [9.17, 15) is 4.39 Å². The van der Waals surface area contributed by atoms with Crippen molar-refractivity contribution < 1.29 is 4.39 Å². The molecular formula is C13H13BrFNS. The van der Waals surface area contributed by atoms with Gasteiger partial charge in [0.1, 0.15) is 5.82 Å². The Hall–Kier alpha value is -0.710. The molecule has 1 unspecified atom stereocenters. The van der Waals surface area contributed by atoms with E-state index in [0.717, 1.165) is 15.8 Å². The van der Waals surface area contributed by atoms with Crippen LogP contribution in [0.5, 0.6) is 0 Å². The Kier molecular flexibility index (Phi) is 3.97. The number of thiophene rings is 1. The van der Waals surface area contributed by atoms with Gasteiger partial charge in [0, 0.05) is 19.8 Å². The van der Waals surface area contributed by atoms with Gasteiger partial charge in [0.15, 0.2) is 0 Å². The van der Waals surface area contributed by atoms with E-state index >= 15 is 0 Å². The summed E-state index contributed by atoms with van der Waals surface area (Å²) in [5.74, 6) is -0.257. The largest absolute Gasteiger partial charge is 0.320 e. The molecule has 0 aliphatic heterocycles. The molecule has 2 aromatic rings. The van der Waals surface area contributed by atoms with Crippen LogP contribution >= 0.6 is 27.3 Å². The monoisotopic (exact) mass is 313 g/mol. The van der Waals surface area contributed by atoms with Crippen molar-refractivity contribution >= 4 is 27.3 Å². The van der Waals surface area contributed by atoms with Gasteiger partial charge in [-0.3, -0.25) is 0 Å². The molecule has 4 heteroatoms. The van der Waals surface area contributed by atoms with Gasteiger partial charge in [-0.25, -0.2) is 4.39 Å². The third kappa shape index (κ3) is 2.76. The highest BCUT2D eigenvalue weighted by Gasteiger charge is 2.15. The summed E-state index contributed by atoms with van der Waals surface area (Å²) in [6.45, 7) is 2.10. The normalized spacial score (nSPS) is 12.7. The van der Waals surface area contributed by atoms with Crippen LogP contribution in [0.15, 0.2) is 34.8 Å². The number of rotatable bonds is 3. The van der Waals surface area contributed by atoms with E-state index in [1.807, 2.05) is 6.07 Å². The molecule has 1 aromatic carbocycles. The van der Waals surface area contributed by atoms with Crippen molar-refractivity contribution in [3.8, 4) is 0 Å². The number of nitrogens with two attached hydrogens (primary N) is 1. The number of hydrogen-bond donors (Lipinski definition) is 1. The fourth-order valence-electron chi connectivity index (χ4n) is 1.66. The van der Waals surface area contributed by atoms with Crippen LogP contribution < -0.4 is 5.73 Å². The number of hydrogen-bond acceptors (Lipinski definition) is 2. The molecule has 0 aliphatic carbocycles. The second-order valence-electron chi connectivity index (χ2n) is 3.80. The molecule has 2 N–H and O–H groups in total. The van der Waals surface area contributed by atoms with Gasteiger partial charge in [-0.15, -0.1) is 11.3 Å². The minimum absolute atomic E-state index is 0.257. The highest BCUT2D eigenvalue weighted by molar-refractivity contribution is 9.10. The maximum absolute atomic E-state index is 13.7. The zero-order chi connectivity index (χ0) is 12.4. The summed E-state index contributed by atoms with van der Waals surface area (Å²) < 4.78 is 14.5. The molecule has 2 rings (SSSR count). The van der Waals surface area contributed by atoms with E-state index in [4.69, 9.17) is 5.73 Å². The Bertz CT molecular complexity index is 524. The van der Waals surface area contributed by atoms with Gasteiger partial charge in [-0.1, -0.05) is 22.9 Å². The average Bonchev–Trinajstić information content (AvgIpc) is 2.80. The maximum Gasteiger partial charge on any atom is 0.128 e. The van der Waals surface area contributed by atoms with E-state index in [1.165, 1.54) is 10.9 Å². The van der Waals surface area contributed by atoms with Crippen molar-refractivity contribution in [1.82, 2.24) is 0 Å². The van der Waals surface area contributed by atoms with Crippen molar-refractivity contribution in [2.24, 2.45) is 5.73 Å². The molecule has 0 radical (unpaired) electrons. The van der Waals surface area contributed by atoms with Crippen LogP contribution in [0, 0.1) is 5.82 Å². The van der Waals surface area contributed by atoms with E-state index < -0.39 is 6.04 Å². The van der Waals surface area contributed by atoms with E-state index in [2.05, 4.69) is 28.9 Å². The third-order valence-electron chi connectivity index (χ3n) is 2.63. The highest BCUT2D eigenvalue weighted by Crippen LogP contribution is 2.29. The topological polar surface area (TPSA) is 26.0 Å². The van der Waals surface area contributed by atoms with Gasteiger partial charge < -0.3 is 5.73 Å². The fourth-order valence-corrected chi connectivity index (χ4v) is 3.01. The van der Waals surface area contributed by atoms with Crippen LogP contribution in [-0.4, -0.2) is 0 Å². The first kappa shape index (κ1) is 12.7. The molecule has 1 aromatic heterocycles. The van der Waals surface area contributed by atoms with Crippen LogP contribution in [0.1, 0.15) is 28.3 Å². The lowest BCUT2D eigenvalue weighted by Crippen LogP contribution is -2.12. The van der Waals surface area contributed by atoms with E-state index in [0.29, 0.717) is 5.56 Å². The van der Waals surface area contributed by atoms with Crippen molar-refractivity contribution in [3.63, 3.8) is 0 Å². The first-order valence-corrected chi connectivity index (χ1v) is 7.02. The lowest BCUT2D eigenvalue weighted by molar-refractivity contribution is 0.600. The summed E-state index contributed by atoms with van der Waals surface area (Å²) in [6, 6.07) is 8.50. The zero-order valence-electron chi connectivity index (χ0n) is 9.41. The Balaban J connectivity index is 2.35. The number of halogens is 2. The van der Waals surface area contributed by atoms with Crippen molar-refractivity contribution in [1.29, 1.82) is 0 Å². The fraction of sp³-hybridized carbons (Fsp3) is 0.231. The van der Waals surface area contributed by atoms with Crippen molar-refractivity contribution in [2.45, 2.75) is 19.4 Å². The SMILES string of the molecule is CCc1ccc(C(N)c2cc(Br)ccc2F)s1. The van der Waals surface area contributed by atoms with Gasteiger partial charge in [-0.05, 0) is 36.8 Å². The quantitative estimate of drug-likeness (QED) is 0.900. The number of aryl methyl sites for hydroxylation is 1. The molecule has 1 heterocycles. The molecule has 1 atom stereocenters. The van der Waals surface area contributed by atoms with Crippen LogP contribution in [0.4, 0.5) is 4.39 Å². The molecule has 0 aliphatic rings. The van der Waals surface area contributed by atoms with E-state index in [1.54, 1.807) is 23.5 Å². The Morgan fingerprint density at radius 1 is 1.35 bits per heavy atom. The molecule has 0 saturated heterocycles. The molecule has 17 heavy (non-hydrogen) atoms. The average molecular weight is 314 g/mol. The number of benzene rings is 1. The molecule has 0 saturated carbocycles. The van der Waals surface area contributed by atoms with Gasteiger partial charge in [0.25, 0.3) is 0 Å². The first-order chi connectivity index (χ1) is 8.11. The molecule has 0 amide bonds. The summed E-state index contributed by atoms with van der Waals surface area (Å²) >= 11 is 4.98. The van der Waals surface area contributed by atoms with Crippen molar-refractivity contribution in [2.75, 3.05) is 0 Å². The summed E-state index contributed by atoms with van der Waals surface area (Å²) in [5, 5.41) is 0. The Morgan fingerprint density at radius 2 is 2.12 bits per heavy atom. The van der Waals surface area contributed by atoms with Crippen molar-refractivity contribution in [3.05, 3.63) is 55.9 Å². The Morgan fingerprint density at radius 3 is 2.76 bits per heavy atom. The van der Waals surface area contributed by atoms with E-state index in [-0.39, 0.29) is 5.82 Å². The summed E-state index contributed by atoms with van der Waals surface area (Å²) in [4.78, 5) is 2.27. The summed E-state index contributed by atoms with van der Waals surface area (Å²) in [7, 11) is 0. The van der Waals surface area contributed by atoms with Crippen LogP contribution in [0.2, 0.25) is 0 Å². The van der Waals surface area contributed by atoms with Gasteiger partial charge in [0.05, 0.1) is 6.04 Å². The predicted molar refractivity (Wildman–Crippen MR) is 73.8 cm³/mol. The standard InChI is InChI=1S/C13H13BrFNS/c1-2-9-4-6-12(17-9)13(16)10-7-8(14)3-5-11(10)15/h3-7,13H,2,16H2,1H3. The molecule has 0 bridgehead atoms. The van der Waals surface area contributed by atoms with Gasteiger partial charge >= 0.3 is 0 Å². The maximum atomic E-state index is 13.7. The Labute approximate surface area is 113 Å². The lowest BCUT2D eigenvalue weighted by atomic mass is 10.1. The predicted octanol–water partition coefficient (Wildman–Crippen LogP) is 4.26. The van der Waals surface area contributed by atoms with Crippen LogP contribution in [0.25, 0.3) is 0 Å². The third-order valence-corrected chi connectivity index (χ3v) is 4.44. The summed E-state index contributed by atoms with van der Waals surface area (Å²) in [5.41, 5.74) is 6.64. The minimum atomic E-state index is -0.391. The first-order valence-electron chi connectivity index (χ1n) is 5.41. The highest BCUT2D eigenvalue weighted by atomic mass is 79.9. The van der Waals surface area contributed by atoms with Gasteiger partial charge in [-0.2, -0.15) is 0 Å². The van der Waals surface area contributed by atoms with Gasteiger partial charge in [0.2, 0.25) is 0 Å². The molecule has 0 spiro atoms. The van der Waals surface area contributed by atoms with Crippen LogP contribution in [0.3, 0.4) is 0 Å². The second kappa shape index (κ2) is 5.29. The molecule has 1 nitrogen and oxygen atoms in total. The molecule has 0 fully saturated rings. The zero-order valence-corrected chi connectivity index (χ0v) is 11.8.